The zero-order chi connectivity index (χ0) is 10.1. The molecule has 1 unspecified atom stereocenters. The lowest BCUT2D eigenvalue weighted by Crippen LogP contribution is -1.96. The minimum Gasteiger partial charge on any atom is -0.295 e. The van der Waals surface area contributed by atoms with Gasteiger partial charge in [0.05, 0.1) is 0 Å². The van der Waals surface area contributed by atoms with E-state index in [9.17, 15) is 4.79 Å². The Balaban J connectivity index is 3.70. The van der Waals surface area contributed by atoms with Crippen molar-refractivity contribution in [2.45, 2.75) is 52.9 Å². The van der Waals surface area contributed by atoms with E-state index in [4.69, 9.17) is 0 Å². The summed E-state index contributed by atoms with van der Waals surface area (Å²) in [6.07, 6.45) is 9.21. The summed E-state index contributed by atoms with van der Waals surface area (Å²) >= 11 is 0. The van der Waals surface area contributed by atoms with Gasteiger partial charge in [-0.15, -0.1) is 0 Å². The second-order valence-corrected chi connectivity index (χ2v) is 3.52. The van der Waals surface area contributed by atoms with Crippen LogP contribution < -0.4 is 0 Å². The van der Waals surface area contributed by atoms with Gasteiger partial charge in [0.1, 0.15) is 0 Å². The van der Waals surface area contributed by atoms with Gasteiger partial charge >= 0.3 is 0 Å². The number of hydrogen-bond donors (Lipinski definition) is 0. The molecule has 0 heterocycles. The summed E-state index contributed by atoms with van der Waals surface area (Å²) in [4.78, 5) is 11.0. The maximum absolute atomic E-state index is 11.0. The molecular weight excluding hydrogens is 160 g/mol. The van der Waals surface area contributed by atoms with Crippen molar-refractivity contribution in [2.75, 3.05) is 0 Å². The molecule has 0 amide bonds. The van der Waals surface area contributed by atoms with Gasteiger partial charge in [0.2, 0.25) is 0 Å². The number of ketones is 1. The molecule has 0 aliphatic heterocycles. The minimum atomic E-state index is 0.242. The lowest BCUT2D eigenvalue weighted by Gasteiger charge is -2.09. The van der Waals surface area contributed by atoms with Gasteiger partial charge in [0.15, 0.2) is 5.78 Å². The van der Waals surface area contributed by atoms with Gasteiger partial charge in [0, 0.05) is 6.42 Å². The van der Waals surface area contributed by atoms with E-state index in [0.717, 1.165) is 12.3 Å². The zero-order valence-corrected chi connectivity index (χ0v) is 9.18. The number of carbonyl (C=O) groups excluding carboxylic acids is 1. The largest absolute Gasteiger partial charge is 0.295 e. The smallest absolute Gasteiger partial charge is 0.155 e. The first-order chi connectivity index (χ1) is 6.24. The highest BCUT2D eigenvalue weighted by Gasteiger charge is 2.01. The summed E-state index contributed by atoms with van der Waals surface area (Å²) in [6.45, 7) is 6.33. The quantitative estimate of drug-likeness (QED) is 0.548. The zero-order valence-electron chi connectivity index (χ0n) is 9.18. The van der Waals surface area contributed by atoms with Crippen molar-refractivity contribution in [1.29, 1.82) is 0 Å². The Bertz CT molecular complexity index is 159. The second-order valence-electron chi connectivity index (χ2n) is 3.52. The molecular formula is C12H22O. The summed E-state index contributed by atoms with van der Waals surface area (Å²) in [5.41, 5.74) is 0. The van der Waals surface area contributed by atoms with E-state index in [0.29, 0.717) is 6.42 Å². The predicted molar refractivity (Wildman–Crippen MR) is 57.7 cm³/mol. The monoisotopic (exact) mass is 182 g/mol. The molecule has 0 N–H and O–H groups in total. The van der Waals surface area contributed by atoms with Crippen molar-refractivity contribution in [2.24, 2.45) is 5.92 Å². The van der Waals surface area contributed by atoms with Crippen LogP contribution in [0, 0.1) is 5.92 Å². The normalized spacial score (nSPS) is 13.5. The van der Waals surface area contributed by atoms with Crippen molar-refractivity contribution < 1.29 is 4.79 Å². The summed E-state index contributed by atoms with van der Waals surface area (Å²) < 4.78 is 0. The van der Waals surface area contributed by atoms with E-state index < -0.39 is 0 Å². The maximum atomic E-state index is 11.0. The van der Waals surface area contributed by atoms with Gasteiger partial charge in [-0.05, 0) is 18.4 Å². The molecule has 0 saturated heterocycles. The average Bonchev–Trinajstić information content (AvgIpc) is 2.16. The Morgan fingerprint density at radius 3 is 2.46 bits per heavy atom. The molecule has 0 saturated carbocycles. The van der Waals surface area contributed by atoms with E-state index >= 15 is 0 Å². The third-order valence-corrected chi connectivity index (χ3v) is 2.40. The first kappa shape index (κ1) is 12.4. The number of rotatable bonds is 7. The molecule has 0 spiro atoms. The molecule has 0 aromatic rings. The SMILES string of the molecule is CCCC(CC)C/C=C/C(=O)CC. The molecule has 0 fully saturated rings. The second kappa shape index (κ2) is 8.03. The van der Waals surface area contributed by atoms with Gasteiger partial charge in [-0.3, -0.25) is 4.79 Å². The molecule has 0 aliphatic carbocycles. The Kier molecular flexibility index (Phi) is 7.66. The van der Waals surface area contributed by atoms with Crippen LogP contribution in [0.1, 0.15) is 52.9 Å². The highest BCUT2D eigenvalue weighted by atomic mass is 16.1. The van der Waals surface area contributed by atoms with Crippen LogP contribution >= 0.6 is 0 Å². The van der Waals surface area contributed by atoms with Crippen molar-refractivity contribution in [3.63, 3.8) is 0 Å². The molecule has 0 radical (unpaired) electrons. The van der Waals surface area contributed by atoms with Crippen molar-refractivity contribution in [3.8, 4) is 0 Å². The molecule has 1 nitrogen and oxygen atoms in total. The first-order valence-corrected chi connectivity index (χ1v) is 5.43. The molecule has 1 heteroatoms. The molecule has 0 aliphatic rings. The molecule has 0 aromatic carbocycles. The molecule has 0 aromatic heterocycles. The topological polar surface area (TPSA) is 17.1 Å². The summed E-state index contributed by atoms with van der Waals surface area (Å²) in [6, 6.07) is 0. The van der Waals surface area contributed by atoms with E-state index in [1.54, 1.807) is 6.08 Å². The molecule has 13 heavy (non-hydrogen) atoms. The third kappa shape index (κ3) is 6.56. The lowest BCUT2D eigenvalue weighted by atomic mass is 9.97. The van der Waals surface area contributed by atoms with Gasteiger partial charge in [0.25, 0.3) is 0 Å². The highest BCUT2D eigenvalue weighted by molar-refractivity contribution is 5.89. The summed E-state index contributed by atoms with van der Waals surface area (Å²) in [7, 11) is 0. The van der Waals surface area contributed by atoms with E-state index in [1.807, 2.05) is 13.0 Å². The van der Waals surface area contributed by atoms with Gasteiger partial charge in [-0.2, -0.15) is 0 Å². The molecule has 0 rings (SSSR count). The third-order valence-electron chi connectivity index (χ3n) is 2.40. The Morgan fingerprint density at radius 1 is 1.31 bits per heavy atom. The number of allylic oxidation sites excluding steroid dienone is 2. The highest BCUT2D eigenvalue weighted by Crippen LogP contribution is 2.15. The Morgan fingerprint density at radius 2 is 2.00 bits per heavy atom. The van der Waals surface area contributed by atoms with Crippen LogP contribution in [0.25, 0.3) is 0 Å². The van der Waals surface area contributed by atoms with Crippen LogP contribution in [-0.2, 0) is 4.79 Å². The average molecular weight is 182 g/mol. The number of carbonyl (C=O) groups is 1. The first-order valence-electron chi connectivity index (χ1n) is 5.43. The molecule has 1 atom stereocenters. The van der Waals surface area contributed by atoms with Crippen LogP contribution in [0.4, 0.5) is 0 Å². The van der Waals surface area contributed by atoms with Crippen molar-refractivity contribution in [3.05, 3.63) is 12.2 Å². The number of hydrogen-bond acceptors (Lipinski definition) is 1. The Hall–Kier alpha value is -0.590. The summed E-state index contributed by atoms with van der Waals surface area (Å²) in [5, 5.41) is 0. The van der Waals surface area contributed by atoms with Gasteiger partial charge < -0.3 is 0 Å². The van der Waals surface area contributed by atoms with Gasteiger partial charge in [-0.25, -0.2) is 0 Å². The van der Waals surface area contributed by atoms with Crippen LogP contribution in [0.3, 0.4) is 0 Å². The minimum absolute atomic E-state index is 0.242. The van der Waals surface area contributed by atoms with Gasteiger partial charge in [-0.1, -0.05) is 46.1 Å². The van der Waals surface area contributed by atoms with Crippen molar-refractivity contribution >= 4 is 5.78 Å². The van der Waals surface area contributed by atoms with E-state index in [1.165, 1.54) is 19.3 Å². The molecule has 0 bridgehead atoms. The molecule has 76 valence electrons. The maximum Gasteiger partial charge on any atom is 0.155 e. The standard InChI is InChI=1S/C12H22O/c1-4-8-11(5-2)9-7-10-12(13)6-3/h7,10-11H,4-6,8-9H2,1-3H3/b10-7+. The van der Waals surface area contributed by atoms with E-state index in [2.05, 4.69) is 13.8 Å². The Labute approximate surface area is 82.2 Å². The fraction of sp³-hybridized carbons (Fsp3) is 0.750. The predicted octanol–water partition coefficient (Wildman–Crippen LogP) is 3.74. The summed E-state index contributed by atoms with van der Waals surface area (Å²) in [5.74, 6) is 1.01. The fourth-order valence-corrected chi connectivity index (χ4v) is 1.41. The van der Waals surface area contributed by atoms with Crippen LogP contribution in [0.15, 0.2) is 12.2 Å². The van der Waals surface area contributed by atoms with Crippen LogP contribution in [0.5, 0.6) is 0 Å². The van der Waals surface area contributed by atoms with Crippen LogP contribution in [0.2, 0.25) is 0 Å². The fourth-order valence-electron chi connectivity index (χ4n) is 1.41. The van der Waals surface area contributed by atoms with Crippen LogP contribution in [-0.4, -0.2) is 5.78 Å². The lowest BCUT2D eigenvalue weighted by molar-refractivity contribution is -0.114. The van der Waals surface area contributed by atoms with E-state index in [-0.39, 0.29) is 5.78 Å². The van der Waals surface area contributed by atoms with Crippen molar-refractivity contribution in [1.82, 2.24) is 0 Å².